The van der Waals surface area contributed by atoms with Gasteiger partial charge in [-0.2, -0.15) is 0 Å². The number of carbonyl (C=O) groups excluding carboxylic acids is 1. The van der Waals surface area contributed by atoms with Crippen LogP contribution in [0.25, 0.3) is 0 Å². The Morgan fingerprint density at radius 1 is 1.10 bits per heavy atom. The van der Waals surface area contributed by atoms with Crippen molar-refractivity contribution in [1.29, 1.82) is 0 Å². The largest absolute Gasteiger partial charge is 0.504 e. The Hall–Kier alpha value is -2.34. The minimum Gasteiger partial charge on any atom is -0.504 e. The lowest BCUT2D eigenvalue weighted by molar-refractivity contribution is 0.262. The summed E-state index contributed by atoms with van der Waals surface area (Å²) in [6.07, 6.45) is 0. The first kappa shape index (κ1) is 15.1. The van der Waals surface area contributed by atoms with Gasteiger partial charge in [-0.3, -0.25) is 4.79 Å². The summed E-state index contributed by atoms with van der Waals surface area (Å²) >= 11 is 3.35. The van der Waals surface area contributed by atoms with E-state index >= 15 is 0 Å². The highest BCUT2D eigenvalue weighted by Crippen LogP contribution is 2.20. The molecule has 0 heterocycles. The summed E-state index contributed by atoms with van der Waals surface area (Å²) in [5, 5.41) is 14.6. The van der Waals surface area contributed by atoms with Crippen molar-refractivity contribution in [3.63, 3.8) is 0 Å². The lowest BCUT2D eigenvalue weighted by Crippen LogP contribution is -2.19. The molecule has 0 saturated carbocycles. The maximum atomic E-state index is 11.9. The monoisotopic (exact) mass is 348 g/mol. The molecule has 0 saturated heterocycles. The third-order valence-electron chi connectivity index (χ3n) is 2.78. The predicted octanol–water partition coefficient (Wildman–Crippen LogP) is 3.47. The van der Waals surface area contributed by atoms with Crippen LogP contribution in [0.5, 0.6) is 5.75 Å². The first-order valence-corrected chi connectivity index (χ1v) is 6.92. The van der Waals surface area contributed by atoms with Crippen LogP contribution in [-0.4, -0.2) is 11.1 Å². The summed E-state index contributed by atoms with van der Waals surface area (Å²) in [5.41, 5.74) is 1.49. The molecule has 0 atom stereocenters. The summed E-state index contributed by atoms with van der Waals surface area (Å²) in [7, 11) is 0. The Balaban J connectivity index is 2.12. The van der Waals surface area contributed by atoms with Crippen LogP contribution in [0.4, 0.5) is 16.2 Å². The van der Waals surface area contributed by atoms with Crippen LogP contribution in [0.3, 0.4) is 0 Å². The molecule has 0 aromatic heterocycles. The second kappa shape index (κ2) is 6.41. The minimum atomic E-state index is -0.507. The number of rotatable bonds is 2. The van der Waals surface area contributed by atoms with Crippen molar-refractivity contribution in [1.82, 2.24) is 0 Å². The number of nitrogens with one attached hydrogen (secondary N) is 2. The summed E-state index contributed by atoms with van der Waals surface area (Å²) in [6.45, 7) is 1.88. The van der Waals surface area contributed by atoms with E-state index in [-0.39, 0.29) is 5.75 Å². The smallest absolute Gasteiger partial charge is 0.323 e. The van der Waals surface area contributed by atoms with Crippen LogP contribution in [-0.2, 0) is 0 Å². The van der Waals surface area contributed by atoms with E-state index in [2.05, 4.69) is 26.6 Å². The molecule has 3 N–H and O–H groups in total. The molecule has 6 heteroatoms. The lowest BCUT2D eigenvalue weighted by Gasteiger charge is -2.09. The summed E-state index contributed by atoms with van der Waals surface area (Å²) < 4.78 is 0.930. The molecule has 2 aromatic carbocycles. The van der Waals surface area contributed by atoms with Gasteiger partial charge in [0.1, 0.15) is 0 Å². The summed E-state index contributed by atoms with van der Waals surface area (Å²) in [5.74, 6) is -0.368. The van der Waals surface area contributed by atoms with Crippen LogP contribution < -0.4 is 16.1 Å². The number of anilines is 2. The van der Waals surface area contributed by atoms with Gasteiger partial charge < -0.3 is 15.7 Å². The molecule has 0 aliphatic heterocycles. The zero-order valence-electron chi connectivity index (χ0n) is 11.2. The van der Waals surface area contributed by atoms with E-state index in [1.165, 1.54) is 24.3 Å². The molecule has 2 aromatic rings. The molecule has 0 fully saturated rings. The van der Waals surface area contributed by atoms with Crippen molar-refractivity contribution in [2.45, 2.75) is 6.92 Å². The SMILES string of the molecule is Cc1cc(Br)ccc1NC(=O)Nc1ccc(O)c(=O)cc1. The fourth-order valence-corrected chi connectivity index (χ4v) is 2.17. The maximum Gasteiger partial charge on any atom is 0.323 e. The topological polar surface area (TPSA) is 78.4 Å². The molecule has 5 nitrogen and oxygen atoms in total. The van der Waals surface area contributed by atoms with Gasteiger partial charge in [-0.05, 0) is 55.0 Å². The maximum absolute atomic E-state index is 11.9. The van der Waals surface area contributed by atoms with Gasteiger partial charge in [0.2, 0.25) is 5.43 Å². The number of amides is 2. The van der Waals surface area contributed by atoms with Crippen molar-refractivity contribution in [3.05, 3.63) is 62.7 Å². The highest BCUT2D eigenvalue weighted by molar-refractivity contribution is 9.10. The number of aryl methyl sites for hydroxylation is 1. The highest BCUT2D eigenvalue weighted by atomic mass is 79.9. The lowest BCUT2D eigenvalue weighted by atomic mass is 10.2. The van der Waals surface area contributed by atoms with Crippen LogP contribution >= 0.6 is 15.9 Å². The number of hydrogen-bond donors (Lipinski definition) is 3. The van der Waals surface area contributed by atoms with E-state index in [9.17, 15) is 14.7 Å². The second-order valence-electron chi connectivity index (χ2n) is 4.41. The second-order valence-corrected chi connectivity index (χ2v) is 5.33. The van der Waals surface area contributed by atoms with E-state index in [1.54, 1.807) is 6.07 Å². The van der Waals surface area contributed by atoms with Gasteiger partial charge in [0.25, 0.3) is 0 Å². The third-order valence-corrected chi connectivity index (χ3v) is 3.28. The Morgan fingerprint density at radius 2 is 1.81 bits per heavy atom. The van der Waals surface area contributed by atoms with Crippen molar-refractivity contribution in [2.24, 2.45) is 0 Å². The fourth-order valence-electron chi connectivity index (χ4n) is 1.69. The average molecular weight is 349 g/mol. The Kier molecular flexibility index (Phi) is 4.59. The van der Waals surface area contributed by atoms with Gasteiger partial charge >= 0.3 is 6.03 Å². The first-order valence-electron chi connectivity index (χ1n) is 6.13. The standard InChI is InChI=1S/C15H13BrN2O3/c1-9-8-10(16)2-5-12(9)18-15(21)17-11-3-6-13(19)14(20)7-4-11/h2-8H,1H3,(H,19,20)(H2,17,18,21). The zero-order valence-corrected chi connectivity index (χ0v) is 12.8. The molecule has 108 valence electrons. The van der Waals surface area contributed by atoms with Gasteiger partial charge in [-0.1, -0.05) is 15.9 Å². The van der Waals surface area contributed by atoms with Crippen molar-refractivity contribution >= 4 is 33.3 Å². The van der Waals surface area contributed by atoms with Gasteiger partial charge in [-0.15, -0.1) is 0 Å². The number of hydrogen-bond acceptors (Lipinski definition) is 3. The number of halogens is 1. The number of carbonyl (C=O) groups is 1. The van der Waals surface area contributed by atoms with Crippen molar-refractivity contribution in [3.8, 4) is 5.75 Å². The van der Waals surface area contributed by atoms with Gasteiger partial charge in [0.15, 0.2) is 5.75 Å². The fraction of sp³-hybridized carbons (Fsp3) is 0.0667. The van der Waals surface area contributed by atoms with Crippen molar-refractivity contribution in [2.75, 3.05) is 10.6 Å². The molecule has 2 rings (SSSR count). The highest BCUT2D eigenvalue weighted by Gasteiger charge is 2.05. The van der Waals surface area contributed by atoms with E-state index in [0.29, 0.717) is 11.4 Å². The van der Waals surface area contributed by atoms with Gasteiger partial charge in [0, 0.05) is 15.8 Å². The number of aromatic hydroxyl groups is 1. The first-order chi connectivity index (χ1) is 9.95. The Bertz CT molecular complexity index is 747. The van der Waals surface area contributed by atoms with Gasteiger partial charge in [0.05, 0.1) is 0 Å². The van der Waals surface area contributed by atoms with Gasteiger partial charge in [-0.25, -0.2) is 4.79 Å². The number of urea groups is 1. The molecule has 21 heavy (non-hydrogen) atoms. The average Bonchev–Trinajstić information content (AvgIpc) is 2.58. The van der Waals surface area contributed by atoms with E-state index in [4.69, 9.17) is 0 Å². The van der Waals surface area contributed by atoms with Crippen LogP contribution in [0, 0.1) is 6.92 Å². The predicted molar refractivity (Wildman–Crippen MR) is 85.9 cm³/mol. The molecule has 0 radical (unpaired) electrons. The minimum absolute atomic E-state index is 0.368. The quantitative estimate of drug-likeness (QED) is 0.777. The Morgan fingerprint density at radius 3 is 2.52 bits per heavy atom. The molecule has 0 bridgehead atoms. The van der Waals surface area contributed by atoms with E-state index < -0.39 is 11.5 Å². The zero-order chi connectivity index (χ0) is 15.4. The molecular formula is C15H13BrN2O3. The normalized spacial score (nSPS) is 10.0. The molecule has 2 amide bonds. The summed E-state index contributed by atoms with van der Waals surface area (Å²) in [6, 6.07) is 10.4. The van der Waals surface area contributed by atoms with Crippen LogP contribution in [0.2, 0.25) is 0 Å². The molecule has 0 aliphatic carbocycles. The van der Waals surface area contributed by atoms with E-state index in [0.717, 1.165) is 10.0 Å². The molecule has 0 spiro atoms. The third kappa shape index (κ3) is 4.06. The Labute approximate surface area is 129 Å². The van der Waals surface area contributed by atoms with Crippen molar-refractivity contribution < 1.29 is 9.90 Å². The van der Waals surface area contributed by atoms with Crippen LogP contribution in [0.1, 0.15) is 5.56 Å². The molecule has 0 unspecified atom stereocenters. The van der Waals surface area contributed by atoms with E-state index in [1.807, 2.05) is 19.1 Å². The number of benzene rings is 1. The molecule has 0 aliphatic rings. The summed E-state index contributed by atoms with van der Waals surface area (Å²) in [4.78, 5) is 23.2. The molecular weight excluding hydrogens is 336 g/mol. The van der Waals surface area contributed by atoms with Crippen LogP contribution in [0.15, 0.2) is 51.7 Å².